The minimum absolute atomic E-state index is 0.0932. The zero-order valence-electron chi connectivity index (χ0n) is 9.58. The number of aromatic nitrogens is 2. The predicted octanol–water partition coefficient (Wildman–Crippen LogP) is 2.71. The monoisotopic (exact) mass is 216 g/mol. The minimum Gasteiger partial charge on any atom is -0.297 e. The molecule has 0 aliphatic rings. The van der Waals surface area contributed by atoms with Crippen molar-refractivity contribution in [1.82, 2.24) is 10.2 Å². The summed E-state index contributed by atoms with van der Waals surface area (Å²) in [5.41, 5.74) is 2.30. The third kappa shape index (κ3) is 2.73. The lowest BCUT2D eigenvalue weighted by molar-refractivity contribution is 1.04. The highest BCUT2D eigenvalue weighted by Gasteiger charge is 2.06. The summed E-state index contributed by atoms with van der Waals surface area (Å²) in [7, 11) is 0. The van der Waals surface area contributed by atoms with Gasteiger partial charge in [0.15, 0.2) is 0 Å². The smallest absolute Gasteiger partial charge is 0.267 e. The molecule has 3 heteroatoms. The summed E-state index contributed by atoms with van der Waals surface area (Å²) in [4.78, 5) is 11.3. The molecule has 0 aliphatic heterocycles. The number of rotatable bonds is 4. The van der Waals surface area contributed by atoms with Crippen molar-refractivity contribution >= 4 is 5.57 Å². The number of H-pyrrole nitrogens is 2. The van der Waals surface area contributed by atoms with Crippen molar-refractivity contribution < 1.29 is 0 Å². The van der Waals surface area contributed by atoms with E-state index in [-0.39, 0.29) is 5.56 Å². The summed E-state index contributed by atoms with van der Waals surface area (Å²) in [5, 5.41) is 5.42. The Labute approximate surface area is 94.9 Å². The van der Waals surface area contributed by atoms with Crippen molar-refractivity contribution in [2.24, 2.45) is 0 Å². The molecule has 0 saturated heterocycles. The number of nitrogens with one attached hydrogen (secondary N) is 2. The largest absolute Gasteiger partial charge is 0.297 e. The first-order chi connectivity index (χ1) is 7.70. The van der Waals surface area contributed by atoms with Crippen molar-refractivity contribution in [3.05, 3.63) is 64.6 Å². The van der Waals surface area contributed by atoms with Gasteiger partial charge in [-0.15, -0.1) is 0 Å². The Hall–Kier alpha value is -2.03. The van der Waals surface area contributed by atoms with Gasteiger partial charge in [0.25, 0.3) is 5.56 Å². The third-order valence-electron chi connectivity index (χ3n) is 2.18. The lowest BCUT2D eigenvalue weighted by atomic mass is 10.1. The maximum atomic E-state index is 11.3. The molecule has 0 radical (unpaired) electrons. The summed E-state index contributed by atoms with van der Waals surface area (Å²) in [5.74, 6) is 0. The fraction of sp³-hybridized carbons (Fsp3) is 0.154. The fourth-order valence-electron chi connectivity index (χ4n) is 1.33. The molecule has 0 atom stereocenters. The molecule has 1 aromatic rings. The average Bonchev–Trinajstić information content (AvgIpc) is 2.59. The van der Waals surface area contributed by atoms with Gasteiger partial charge in [-0.25, -0.2) is 0 Å². The van der Waals surface area contributed by atoms with Crippen molar-refractivity contribution in [2.75, 3.05) is 0 Å². The van der Waals surface area contributed by atoms with Gasteiger partial charge in [-0.1, -0.05) is 43.0 Å². The zero-order chi connectivity index (χ0) is 12.0. The van der Waals surface area contributed by atoms with E-state index in [0.717, 1.165) is 11.3 Å². The topological polar surface area (TPSA) is 48.6 Å². The van der Waals surface area contributed by atoms with Gasteiger partial charge in [0.1, 0.15) is 0 Å². The Balaban J connectivity index is 3.13. The SMILES string of the molecule is C=C\C=C(/C=C\C=C/C)c1[nH][nH]c(=O)c1C. The van der Waals surface area contributed by atoms with Crippen LogP contribution in [0.5, 0.6) is 0 Å². The van der Waals surface area contributed by atoms with Crippen LogP contribution in [-0.2, 0) is 0 Å². The van der Waals surface area contributed by atoms with Crippen LogP contribution in [0.15, 0.2) is 47.8 Å². The van der Waals surface area contributed by atoms with Crippen LogP contribution in [-0.4, -0.2) is 10.2 Å². The fourth-order valence-corrected chi connectivity index (χ4v) is 1.33. The number of aromatic amines is 2. The van der Waals surface area contributed by atoms with Crippen LogP contribution in [0.4, 0.5) is 0 Å². The van der Waals surface area contributed by atoms with E-state index >= 15 is 0 Å². The van der Waals surface area contributed by atoms with Crippen LogP contribution in [0.1, 0.15) is 18.2 Å². The first-order valence-corrected chi connectivity index (χ1v) is 5.10. The predicted molar refractivity (Wildman–Crippen MR) is 68.3 cm³/mol. The summed E-state index contributed by atoms with van der Waals surface area (Å²) in [6.45, 7) is 7.39. The lowest BCUT2D eigenvalue weighted by Crippen LogP contribution is -2.01. The molecule has 0 unspecified atom stereocenters. The van der Waals surface area contributed by atoms with Crippen LogP contribution >= 0.6 is 0 Å². The average molecular weight is 216 g/mol. The maximum absolute atomic E-state index is 11.3. The molecular weight excluding hydrogens is 200 g/mol. The number of allylic oxidation sites excluding steroid dienone is 7. The summed E-state index contributed by atoms with van der Waals surface area (Å²) < 4.78 is 0. The van der Waals surface area contributed by atoms with E-state index < -0.39 is 0 Å². The van der Waals surface area contributed by atoms with Crippen molar-refractivity contribution in [1.29, 1.82) is 0 Å². The molecule has 3 nitrogen and oxygen atoms in total. The highest BCUT2D eigenvalue weighted by molar-refractivity contribution is 5.74. The van der Waals surface area contributed by atoms with Crippen LogP contribution in [0.3, 0.4) is 0 Å². The Kier molecular flexibility index (Phi) is 4.33. The standard InChI is InChI=1S/C13H16N2O/c1-4-6-7-9-11(8-5-2)12-10(3)13(16)15-14-12/h4-9H,2H2,1,3H3,(H2,14,15,16)/b6-4-,9-7-,11-8+. The van der Waals surface area contributed by atoms with Gasteiger partial charge >= 0.3 is 0 Å². The molecule has 2 N–H and O–H groups in total. The van der Waals surface area contributed by atoms with Gasteiger partial charge in [0, 0.05) is 5.56 Å². The molecule has 0 bridgehead atoms. The normalized spacial score (nSPS) is 12.8. The van der Waals surface area contributed by atoms with Crippen LogP contribution in [0.2, 0.25) is 0 Å². The second kappa shape index (κ2) is 5.75. The maximum Gasteiger partial charge on any atom is 0.267 e. The third-order valence-corrected chi connectivity index (χ3v) is 2.18. The minimum atomic E-state index is -0.0932. The zero-order valence-corrected chi connectivity index (χ0v) is 9.58. The van der Waals surface area contributed by atoms with Crippen LogP contribution in [0.25, 0.3) is 5.57 Å². The Morgan fingerprint density at radius 2 is 2.06 bits per heavy atom. The molecule has 0 amide bonds. The molecule has 1 rings (SSSR count). The molecule has 0 fully saturated rings. The van der Waals surface area contributed by atoms with E-state index in [1.807, 2.05) is 37.3 Å². The van der Waals surface area contributed by atoms with E-state index in [9.17, 15) is 4.79 Å². The Bertz CT molecular complexity index is 498. The summed E-state index contributed by atoms with van der Waals surface area (Å²) in [6.07, 6.45) is 11.3. The van der Waals surface area contributed by atoms with E-state index in [2.05, 4.69) is 16.8 Å². The molecular formula is C13H16N2O. The van der Waals surface area contributed by atoms with Gasteiger partial charge in [0.05, 0.1) is 5.69 Å². The lowest BCUT2D eigenvalue weighted by Gasteiger charge is -1.98. The second-order valence-corrected chi connectivity index (χ2v) is 3.32. The molecule has 0 spiro atoms. The van der Waals surface area contributed by atoms with Crippen molar-refractivity contribution in [3.8, 4) is 0 Å². The first kappa shape index (κ1) is 12.0. The molecule has 0 aliphatic carbocycles. The first-order valence-electron chi connectivity index (χ1n) is 5.10. The van der Waals surface area contributed by atoms with E-state index in [1.165, 1.54) is 0 Å². The number of hydrogen-bond acceptors (Lipinski definition) is 1. The van der Waals surface area contributed by atoms with Gasteiger partial charge in [0.2, 0.25) is 0 Å². The van der Waals surface area contributed by atoms with E-state index in [0.29, 0.717) is 5.56 Å². The van der Waals surface area contributed by atoms with Gasteiger partial charge in [-0.3, -0.25) is 15.0 Å². The molecule has 84 valence electrons. The van der Waals surface area contributed by atoms with E-state index in [4.69, 9.17) is 0 Å². The summed E-state index contributed by atoms with van der Waals surface area (Å²) >= 11 is 0. The van der Waals surface area contributed by atoms with E-state index in [1.54, 1.807) is 13.0 Å². The molecule has 1 heterocycles. The van der Waals surface area contributed by atoms with Gasteiger partial charge in [-0.2, -0.15) is 0 Å². The highest BCUT2D eigenvalue weighted by Crippen LogP contribution is 2.15. The van der Waals surface area contributed by atoms with Gasteiger partial charge in [-0.05, 0) is 19.4 Å². The Morgan fingerprint density at radius 3 is 2.56 bits per heavy atom. The molecule has 0 aromatic carbocycles. The second-order valence-electron chi connectivity index (χ2n) is 3.32. The molecule has 0 saturated carbocycles. The quantitative estimate of drug-likeness (QED) is 0.747. The van der Waals surface area contributed by atoms with Crippen LogP contribution in [0, 0.1) is 6.92 Å². The highest BCUT2D eigenvalue weighted by atomic mass is 16.1. The molecule has 1 aromatic heterocycles. The van der Waals surface area contributed by atoms with Gasteiger partial charge < -0.3 is 0 Å². The summed E-state index contributed by atoms with van der Waals surface area (Å²) in [6, 6.07) is 0. The Morgan fingerprint density at radius 1 is 1.31 bits per heavy atom. The van der Waals surface area contributed by atoms with Crippen molar-refractivity contribution in [2.45, 2.75) is 13.8 Å². The molecule has 16 heavy (non-hydrogen) atoms. The van der Waals surface area contributed by atoms with Crippen molar-refractivity contribution in [3.63, 3.8) is 0 Å². The number of hydrogen-bond donors (Lipinski definition) is 2. The van der Waals surface area contributed by atoms with Crippen LogP contribution < -0.4 is 5.56 Å².